The molecule has 0 saturated carbocycles. The van der Waals surface area contributed by atoms with Crippen LogP contribution in [-0.2, 0) is 4.79 Å². The molecule has 0 bridgehead atoms. The van der Waals surface area contributed by atoms with Crippen LogP contribution in [-0.4, -0.2) is 23.4 Å². The van der Waals surface area contributed by atoms with Gasteiger partial charge in [0.1, 0.15) is 5.75 Å². The molecule has 0 aliphatic heterocycles. The van der Waals surface area contributed by atoms with Gasteiger partial charge in [-0.1, -0.05) is 11.2 Å². The van der Waals surface area contributed by atoms with E-state index in [0.717, 1.165) is 5.56 Å². The van der Waals surface area contributed by atoms with Crippen molar-refractivity contribution in [2.45, 2.75) is 20.3 Å². The van der Waals surface area contributed by atoms with Crippen molar-refractivity contribution < 1.29 is 14.7 Å². The molecule has 0 aliphatic carbocycles. The van der Waals surface area contributed by atoms with E-state index >= 15 is 0 Å². The van der Waals surface area contributed by atoms with E-state index in [0.29, 0.717) is 17.0 Å². The van der Waals surface area contributed by atoms with E-state index in [9.17, 15) is 4.79 Å². The van der Waals surface area contributed by atoms with Crippen molar-refractivity contribution in [1.82, 2.24) is 0 Å². The van der Waals surface area contributed by atoms with Gasteiger partial charge in [-0.15, -0.1) is 0 Å². The highest BCUT2D eigenvalue weighted by molar-refractivity contribution is 6.00. The van der Waals surface area contributed by atoms with Crippen LogP contribution in [0.4, 0.5) is 0 Å². The summed E-state index contributed by atoms with van der Waals surface area (Å²) >= 11 is 0. The van der Waals surface area contributed by atoms with Gasteiger partial charge in [-0.3, -0.25) is 4.79 Å². The summed E-state index contributed by atoms with van der Waals surface area (Å²) in [6.45, 7) is 3.81. The second-order valence-corrected chi connectivity index (χ2v) is 3.75. The smallest absolute Gasteiger partial charge is 0.220 e. The molecule has 0 atom stereocenters. The number of nitrogens with zero attached hydrogens (tertiary/aromatic N) is 1. The quantitative estimate of drug-likeness (QED) is 0.461. The van der Waals surface area contributed by atoms with Crippen LogP contribution in [0.5, 0.6) is 5.75 Å². The lowest BCUT2D eigenvalue weighted by Gasteiger charge is -2.11. The minimum atomic E-state index is -0.410. The number of hydrogen-bond acceptors (Lipinski definition) is 4. The summed E-state index contributed by atoms with van der Waals surface area (Å²) in [6.07, 6.45) is 0.155. The molecule has 0 unspecified atom stereocenters. The number of carbonyl (C=O) groups excluding carboxylic acids is 1. The molecule has 0 saturated heterocycles. The van der Waals surface area contributed by atoms with Crippen molar-refractivity contribution in [3.8, 4) is 5.75 Å². The Hall–Kier alpha value is -2.04. The topological polar surface area (TPSA) is 84.9 Å². The van der Waals surface area contributed by atoms with Crippen molar-refractivity contribution >= 4 is 11.6 Å². The summed E-state index contributed by atoms with van der Waals surface area (Å²) in [7, 11) is 0. The molecule has 1 amide bonds. The molecule has 0 aliphatic rings. The van der Waals surface area contributed by atoms with Gasteiger partial charge in [-0.25, -0.2) is 0 Å². The number of oxime groups is 1. The average Bonchev–Trinajstić information content (AvgIpc) is 2.28. The number of nitrogens with two attached hydrogens (primary N) is 1. The summed E-state index contributed by atoms with van der Waals surface area (Å²) in [5.41, 5.74) is 7.20. The third kappa shape index (κ3) is 3.79. The lowest BCUT2D eigenvalue weighted by molar-refractivity contribution is -0.118. The SMILES string of the molecule is CC(=NO)c1ccc(C)cc1OCCC(N)=O. The molecule has 5 heteroatoms. The van der Waals surface area contributed by atoms with Crippen LogP contribution in [0.3, 0.4) is 0 Å². The van der Waals surface area contributed by atoms with Crippen molar-refractivity contribution in [1.29, 1.82) is 0 Å². The molecule has 0 spiro atoms. The minimum Gasteiger partial charge on any atom is -0.492 e. The van der Waals surface area contributed by atoms with Gasteiger partial charge in [0.15, 0.2) is 0 Å². The van der Waals surface area contributed by atoms with E-state index in [-0.39, 0.29) is 13.0 Å². The highest BCUT2D eigenvalue weighted by Crippen LogP contribution is 2.21. The number of hydrogen-bond donors (Lipinski definition) is 2. The summed E-state index contributed by atoms with van der Waals surface area (Å²) in [5.74, 6) is 0.174. The van der Waals surface area contributed by atoms with E-state index in [2.05, 4.69) is 5.16 Å². The molecule has 1 aromatic carbocycles. The molecular formula is C12H16N2O3. The third-order valence-electron chi connectivity index (χ3n) is 2.28. The van der Waals surface area contributed by atoms with Crippen LogP contribution in [0.2, 0.25) is 0 Å². The average molecular weight is 236 g/mol. The second kappa shape index (κ2) is 5.89. The first kappa shape index (κ1) is 13.0. The maximum absolute atomic E-state index is 10.6. The first-order valence-corrected chi connectivity index (χ1v) is 5.25. The number of aryl methyl sites for hydroxylation is 1. The van der Waals surface area contributed by atoms with E-state index in [4.69, 9.17) is 15.7 Å². The van der Waals surface area contributed by atoms with Crippen LogP contribution in [0.1, 0.15) is 24.5 Å². The van der Waals surface area contributed by atoms with E-state index in [1.54, 1.807) is 6.92 Å². The predicted molar refractivity (Wildman–Crippen MR) is 64.5 cm³/mol. The molecule has 3 N–H and O–H groups in total. The van der Waals surface area contributed by atoms with Crippen LogP contribution >= 0.6 is 0 Å². The van der Waals surface area contributed by atoms with E-state index in [1.165, 1.54) is 0 Å². The summed E-state index contributed by atoms with van der Waals surface area (Å²) in [4.78, 5) is 10.6. The minimum absolute atomic E-state index is 0.155. The Morgan fingerprint density at radius 2 is 2.24 bits per heavy atom. The number of rotatable bonds is 5. The predicted octanol–water partition coefficient (Wildman–Crippen LogP) is 1.45. The molecule has 1 aromatic rings. The van der Waals surface area contributed by atoms with Crippen LogP contribution in [0.25, 0.3) is 0 Å². The van der Waals surface area contributed by atoms with Gasteiger partial charge in [0.25, 0.3) is 0 Å². The number of amides is 1. The maximum atomic E-state index is 10.6. The summed E-state index contributed by atoms with van der Waals surface area (Å²) in [6, 6.07) is 5.53. The molecule has 0 radical (unpaired) electrons. The fraction of sp³-hybridized carbons (Fsp3) is 0.333. The van der Waals surface area contributed by atoms with Crippen molar-refractivity contribution in [2.24, 2.45) is 10.9 Å². The van der Waals surface area contributed by atoms with Gasteiger partial charge >= 0.3 is 0 Å². The standard InChI is InChI=1S/C12H16N2O3/c1-8-3-4-10(9(2)14-16)11(7-8)17-6-5-12(13)15/h3-4,7,16H,5-6H2,1-2H3,(H2,13,15). The maximum Gasteiger partial charge on any atom is 0.220 e. The van der Waals surface area contributed by atoms with Crippen LogP contribution in [0, 0.1) is 6.92 Å². The summed E-state index contributed by atoms with van der Waals surface area (Å²) in [5, 5.41) is 11.9. The van der Waals surface area contributed by atoms with Crippen LogP contribution < -0.4 is 10.5 Å². The largest absolute Gasteiger partial charge is 0.492 e. The lowest BCUT2D eigenvalue weighted by atomic mass is 10.1. The molecular weight excluding hydrogens is 220 g/mol. The first-order valence-electron chi connectivity index (χ1n) is 5.25. The number of benzene rings is 1. The molecule has 5 nitrogen and oxygen atoms in total. The normalized spacial score (nSPS) is 11.3. The Morgan fingerprint density at radius 3 is 2.82 bits per heavy atom. The Labute approximate surface area is 99.9 Å². The molecule has 0 fully saturated rings. The van der Waals surface area contributed by atoms with Crippen molar-refractivity contribution in [3.63, 3.8) is 0 Å². The second-order valence-electron chi connectivity index (χ2n) is 3.75. The zero-order valence-electron chi connectivity index (χ0n) is 9.93. The number of carbonyl (C=O) groups is 1. The van der Waals surface area contributed by atoms with Gasteiger partial charge in [0.05, 0.1) is 18.7 Å². The van der Waals surface area contributed by atoms with E-state index in [1.807, 2.05) is 25.1 Å². The number of ether oxygens (including phenoxy) is 1. The third-order valence-corrected chi connectivity index (χ3v) is 2.28. The first-order chi connectivity index (χ1) is 8.04. The molecule has 0 heterocycles. The molecule has 0 aromatic heterocycles. The van der Waals surface area contributed by atoms with Gasteiger partial charge in [-0.05, 0) is 31.5 Å². The van der Waals surface area contributed by atoms with E-state index < -0.39 is 5.91 Å². The fourth-order valence-corrected chi connectivity index (χ4v) is 1.36. The van der Waals surface area contributed by atoms with Crippen LogP contribution in [0.15, 0.2) is 23.4 Å². The Morgan fingerprint density at radius 1 is 1.53 bits per heavy atom. The highest BCUT2D eigenvalue weighted by atomic mass is 16.5. The monoisotopic (exact) mass is 236 g/mol. The summed E-state index contributed by atoms with van der Waals surface area (Å²) < 4.78 is 5.46. The van der Waals surface area contributed by atoms with Crippen molar-refractivity contribution in [3.05, 3.63) is 29.3 Å². The number of primary amides is 1. The zero-order valence-corrected chi connectivity index (χ0v) is 9.93. The Bertz CT molecular complexity index is 441. The van der Waals surface area contributed by atoms with Gasteiger partial charge in [0, 0.05) is 5.56 Å². The molecule has 1 rings (SSSR count). The molecule has 92 valence electrons. The fourth-order valence-electron chi connectivity index (χ4n) is 1.36. The zero-order chi connectivity index (χ0) is 12.8. The lowest BCUT2D eigenvalue weighted by Crippen LogP contribution is -2.15. The van der Waals surface area contributed by atoms with Gasteiger partial charge < -0.3 is 15.7 Å². The van der Waals surface area contributed by atoms with Gasteiger partial charge in [-0.2, -0.15) is 0 Å². The Balaban J connectivity index is 2.87. The van der Waals surface area contributed by atoms with Crippen molar-refractivity contribution in [2.75, 3.05) is 6.61 Å². The van der Waals surface area contributed by atoms with Gasteiger partial charge in [0.2, 0.25) is 5.91 Å². The highest BCUT2D eigenvalue weighted by Gasteiger charge is 2.08. The molecule has 17 heavy (non-hydrogen) atoms. The Kier molecular flexibility index (Phi) is 4.51.